The van der Waals surface area contributed by atoms with Crippen LogP contribution in [0.1, 0.15) is 51.4 Å². The third kappa shape index (κ3) is 4.38. The van der Waals surface area contributed by atoms with Gasteiger partial charge in [-0.3, -0.25) is 9.59 Å². The van der Waals surface area contributed by atoms with Crippen molar-refractivity contribution in [3.8, 4) is 0 Å². The van der Waals surface area contributed by atoms with Crippen LogP contribution in [0.4, 0.5) is 8.78 Å². The van der Waals surface area contributed by atoms with Crippen molar-refractivity contribution in [1.29, 1.82) is 0 Å². The monoisotopic (exact) mass is 303 g/mol. The fraction of sp³-hybridized carbons (Fsp3) is 0.867. The van der Waals surface area contributed by atoms with Crippen molar-refractivity contribution in [3.63, 3.8) is 0 Å². The number of hydrogen-bond acceptors (Lipinski definition) is 3. The maximum Gasteiger partial charge on any atom is 0.308 e. The Labute approximate surface area is 123 Å². The highest BCUT2D eigenvalue weighted by atomic mass is 19.3. The third-order valence-corrected chi connectivity index (χ3v) is 4.70. The van der Waals surface area contributed by atoms with Gasteiger partial charge in [0.25, 0.3) is 0 Å². The quantitative estimate of drug-likeness (QED) is 0.816. The fourth-order valence-electron chi connectivity index (χ4n) is 3.26. The summed E-state index contributed by atoms with van der Waals surface area (Å²) in [6, 6.07) is 0.0563. The van der Waals surface area contributed by atoms with E-state index in [0.29, 0.717) is 12.8 Å². The van der Waals surface area contributed by atoms with Crippen molar-refractivity contribution in [2.45, 2.75) is 63.3 Å². The molecule has 0 radical (unpaired) electrons. The summed E-state index contributed by atoms with van der Waals surface area (Å²) in [7, 11) is 1.38. The number of carbonyl (C=O) groups is 2. The summed E-state index contributed by atoms with van der Waals surface area (Å²) >= 11 is 0. The first-order valence-electron chi connectivity index (χ1n) is 7.67. The minimum Gasteiger partial charge on any atom is -0.469 e. The lowest BCUT2D eigenvalue weighted by molar-refractivity contribution is -0.146. The van der Waals surface area contributed by atoms with Gasteiger partial charge in [0.05, 0.1) is 13.0 Å². The second kappa shape index (κ2) is 6.71. The van der Waals surface area contributed by atoms with E-state index in [2.05, 4.69) is 5.32 Å². The molecule has 0 atom stereocenters. The summed E-state index contributed by atoms with van der Waals surface area (Å²) in [5, 5.41) is 2.96. The minimum absolute atomic E-state index is 0.0563. The van der Waals surface area contributed by atoms with Crippen LogP contribution >= 0.6 is 0 Å². The van der Waals surface area contributed by atoms with Gasteiger partial charge in [-0.2, -0.15) is 0 Å². The zero-order valence-electron chi connectivity index (χ0n) is 12.4. The van der Waals surface area contributed by atoms with Crippen LogP contribution in [0.5, 0.6) is 0 Å². The van der Waals surface area contributed by atoms with Crippen LogP contribution in [-0.2, 0) is 14.3 Å². The molecule has 21 heavy (non-hydrogen) atoms. The molecule has 0 aromatic carbocycles. The molecule has 0 saturated heterocycles. The largest absolute Gasteiger partial charge is 0.469 e. The highest BCUT2D eigenvalue weighted by Gasteiger charge is 2.38. The number of ether oxygens (including phenoxy) is 1. The Morgan fingerprint density at radius 1 is 1.00 bits per heavy atom. The summed E-state index contributed by atoms with van der Waals surface area (Å²) < 4.78 is 30.9. The average Bonchev–Trinajstić information content (AvgIpc) is 2.47. The number of carbonyl (C=O) groups excluding carboxylic acids is 2. The number of nitrogens with one attached hydrogen (secondary N) is 1. The van der Waals surface area contributed by atoms with E-state index < -0.39 is 5.92 Å². The summed E-state index contributed by atoms with van der Waals surface area (Å²) in [5.41, 5.74) is 0. The van der Waals surface area contributed by atoms with Crippen LogP contribution in [0, 0.1) is 11.8 Å². The number of hydrogen-bond donors (Lipinski definition) is 1. The van der Waals surface area contributed by atoms with E-state index in [1.54, 1.807) is 0 Å². The van der Waals surface area contributed by atoms with E-state index in [-0.39, 0.29) is 55.4 Å². The van der Waals surface area contributed by atoms with Crippen LogP contribution in [0.15, 0.2) is 0 Å². The first-order valence-corrected chi connectivity index (χ1v) is 7.67. The molecule has 2 aliphatic rings. The molecule has 1 N–H and O–H groups in total. The summed E-state index contributed by atoms with van der Waals surface area (Å²) in [6.45, 7) is 0. The van der Waals surface area contributed by atoms with Crippen molar-refractivity contribution < 1.29 is 23.1 Å². The Morgan fingerprint density at radius 2 is 1.57 bits per heavy atom. The second-order valence-corrected chi connectivity index (χ2v) is 6.21. The molecular formula is C15H23F2NO3. The lowest BCUT2D eigenvalue weighted by atomic mass is 9.84. The number of esters is 1. The Hall–Kier alpha value is -1.20. The molecule has 0 aromatic heterocycles. The Bertz CT molecular complexity index is 382. The molecule has 0 aromatic rings. The van der Waals surface area contributed by atoms with Gasteiger partial charge in [0.15, 0.2) is 0 Å². The van der Waals surface area contributed by atoms with Gasteiger partial charge >= 0.3 is 5.97 Å². The number of amides is 1. The van der Waals surface area contributed by atoms with Crippen molar-refractivity contribution in [3.05, 3.63) is 0 Å². The minimum atomic E-state index is -2.60. The van der Waals surface area contributed by atoms with Crippen LogP contribution in [0.3, 0.4) is 0 Å². The van der Waals surface area contributed by atoms with Gasteiger partial charge in [-0.15, -0.1) is 0 Å². The first-order chi connectivity index (χ1) is 9.91. The second-order valence-electron chi connectivity index (χ2n) is 6.21. The van der Waals surface area contributed by atoms with Gasteiger partial charge in [-0.25, -0.2) is 8.78 Å². The lowest BCUT2D eigenvalue weighted by Gasteiger charge is -2.31. The topological polar surface area (TPSA) is 55.4 Å². The van der Waals surface area contributed by atoms with E-state index >= 15 is 0 Å². The molecule has 0 bridgehead atoms. The fourth-order valence-corrected chi connectivity index (χ4v) is 3.26. The summed E-state index contributed by atoms with van der Waals surface area (Å²) in [6.07, 6.45) is 3.04. The molecule has 2 aliphatic carbocycles. The van der Waals surface area contributed by atoms with Gasteiger partial charge in [0.2, 0.25) is 11.8 Å². The van der Waals surface area contributed by atoms with Gasteiger partial charge in [-0.05, 0) is 38.5 Å². The lowest BCUT2D eigenvalue weighted by Crippen LogP contribution is -2.43. The number of halogens is 2. The maximum absolute atomic E-state index is 13.1. The van der Waals surface area contributed by atoms with Crippen molar-refractivity contribution >= 4 is 11.9 Å². The Balaban J connectivity index is 1.73. The van der Waals surface area contributed by atoms with Crippen LogP contribution in [-0.4, -0.2) is 31.0 Å². The van der Waals surface area contributed by atoms with Crippen LogP contribution in [0.25, 0.3) is 0 Å². The van der Waals surface area contributed by atoms with Crippen LogP contribution < -0.4 is 5.32 Å². The molecule has 1 amide bonds. The van der Waals surface area contributed by atoms with Crippen molar-refractivity contribution in [2.75, 3.05) is 7.11 Å². The molecule has 2 saturated carbocycles. The molecular weight excluding hydrogens is 280 g/mol. The van der Waals surface area contributed by atoms with Crippen molar-refractivity contribution in [2.24, 2.45) is 11.8 Å². The van der Waals surface area contributed by atoms with E-state index in [1.165, 1.54) is 7.11 Å². The maximum atomic E-state index is 13.1. The standard InChI is InChI=1S/C15H23F2NO3/c1-21-14(20)11-2-4-12(5-3-11)18-13(19)10-6-8-15(16,17)9-7-10/h10-12H,2-9H2,1H3,(H,18,19). The number of alkyl halides is 2. The van der Waals surface area contributed by atoms with Crippen LogP contribution in [0.2, 0.25) is 0 Å². The molecule has 0 unspecified atom stereocenters. The molecule has 4 nitrogen and oxygen atoms in total. The Kier molecular flexibility index (Phi) is 5.17. The highest BCUT2D eigenvalue weighted by Crippen LogP contribution is 2.36. The highest BCUT2D eigenvalue weighted by molar-refractivity contribution is 5.79. The average molecular weight is 303 g/mol. The third-order valence-electron chi connectivity index (χ3n) is 4.70. The first kappa shape index (κ1) is 16.2. The zero-order chi connectivity index (χ0) is 15.5. The number of rotatable bonds is 3. The zero-order valence-corrected chi connectivity index (χ0v) is 12.4. The molecule has 0 aliphatic heterocycles. The van der Waals surface area contributed by atoms with E-state index in [0.717, 1.165) is 12.8 Å². The van der Waals surface area contributed by atoms with Gasteiger partial charge in [0.1, 0.15) is 0 Å². The van der Waals surface area contributed by atoms with Gasteiger partial charge in [-0.1, -0.05) is 0 Å². The predicted molar refractivity (Wildman–Crippen MR) is 72.8 cm³/mol. The van der Waals surface area contributed by atoms with E-state index in [1.807, 2.05) is 0 Å². The SMILES string of the molecule is COC(=O)C1CCC(NC(=O)C2CCC(F)(F)CC2)CC1. The molecule has 0 heterocycles. The number of methoxy groups -OCH3 is 1. The summed E-state index contributed by atoms with van der Waals surface area (Å²) in [4.78, 5) is 23.5. The van der Waals surface area contributed by atoms with Crippen molar-refractivity contribution in [1.82, 2.24) is 5.32 Å². The van der Waals surface area contributed by atoms with Gasteiger partial charge in [0, 0.05) is 24.8 Å². The molecule has 120 valence electrons. The molecule has 6 heteroatoms. The van der Waals surface area contributed by atoms with Gasteiger partial charge < -0.3 is 10.1 Å². The molecule has 2 rings (SSSR count). The van der Waals surface area contributed by atoms with E-state index in [4.69, 9.17) is 4.74 Å². The summed E-state index contributed by atoms with van der Waals surface area (Å²) in [5.74, 6) is -3.25. The molecule has 0 spiro atoms. The molecule has 2 fully saturated rings. The predicted octanol–water partition coefficient (Wildman–Crippen LogP) is 2.66. The Morgan fingerprint density at radius 3 is 2.10 bits per heavy atom. The van der Waals surface area contributed by atoms with E-state index in [9.17, 15) is 18.4 Å². The normalized spacial score (nSPS) is 29.7. The smallest absolute Gasteiger partial charge is 0.308 e.